The first kappa shape index (κ1) is 15.8. The summed E-state index contributed by atoms with van der Waals surface area (Å²) in [5.74, 6) is 1.04. The van der Waals surface area contributed by atoms with E-state index < -0.39 is 0 Å². The minimum absolute atomic E-state index is 0.0476. The van der Waals surface area contributed by atoms with Crippen molar-refractivity contribution < 1.29 is 4.79 Å². The Morgan fingerprint density at radius 1 is 1.27 bits per heavy atom. The molecule has 2 nitrogen and oxygen atoms in total. The van der Waals surface area contributed by atoms with Crippen molar-refractivity contribution in [2.24, 2.45) is 0 Å². The van der Waals surface area contributed by atoms with Gasteiger partial charge >= 0.3 is 0 Å². The number of hydrogen-bond acceptors (Lipinski definition) is 3. The predicted molar refractivity (Wildman–Crippen MR) is 95.9 cm³/mol. The van der Waals surface area contributed by atoms with Gasteiger partial charge in [-0.05, 0) is 48.2 Å². The van der Waals surface area contributed by atoms with Gasteiger partial charge in [-0.3, -0.25) is 4.79 Å². The van der Waals surface area contributed by atoms with Gasteiger partial charge in [0.2, 0.25) is 0 Å². The van der Waals surface area contributed by atoms with E-state index in [1.165, 1.54) is 4.90 Å². The van der Waals surface area contributed by atoms with Gasteiger partial charge in [-0.2, -0.15) is 0 Å². The molecule has 1 heterocycles. The summed E-state index contributed by atoms with van der Waals surface area (Å²) in [7, 11) is 0. The lowest BCUT2D eigenvalue weighted by Gasteiger charge is -2.24. The van der Waals surface area contributed by atoms with Crippen molar-refractivity contribution in [3.8, 4) is 0 Å². The van der Waals surface area contributed by atoms with Crippen LogP contribution in [-0.4, -0.2) is 29.4 Å². The van der Waals surface area contributed by atoms with Crippen molar-refractivity contribution in [3.63, 3.8) is 0 Å². The van der Waals surface area contributed by atoms with Crippen LogP contribution in [0.3, 0.4) is 0 Å². The number of rotatable bonds is 3. The first-order valence-electron chi connectivity index (χ1n) is 7.01. The summed E-state index contributed by atoms with van der Waals surface area (Å²) in [6, 6.07) is 15.6. The monoisotopic (exact) mass is 349 g/mol. The van der Waals surface area contributed by atoms with Gasteiger partial charge in [0.05, 0.1) is 0 Å². The number of carbonyl (C=O) groups is 1. The van der Waals surface area contributed by atoms with Gasteiger partial charge in [-0.1, -0.05) is 23.7 Å². The molecule has 2 aromatic carbocycles. The number of benzene rings is 2. The summed E-state index contributed by atoms with van der Waals surface area (Å²) in [5, 5.41) is 0.758. The zero-order valence-electron chi connectivity index (χ0n) is 12.2. The van der Waals surface area contributed by atoms with Crippen molar-refractivity contribution in [2.45, 2.75) is 10.3 Å². The largest absolute Gasteiger partial charge is 0.322 e. The van der Waals surface area contributed by atoms with Crippen LogP contribution in [0.15, 0.2) is 53.4 Å². The lowest BCUT2D eigenvalue weighted by Crippen LogP contribution is -2.30. The maximum Gasteiger partial charge on any atom is 0.255 e. The van der Waals surface area contributed by atoms with Crippen LogP contribution < -0.4 is 0 Å². The normalized spacial score (nSPS) is 17.7. The maximum absolute atomic E-state index is 12.8. The van der Waals surface area contributed by atoms with E-state index in [9.17, 15) is 4.79 Å². The Bertz CT molecular complexity index is 675. The Kier molecular flexibility index (Phi) is 5.01. The van der Waals surface area contributed by atoms with Crippen LogP contribution >= 0.6 is 35.1 Å². The number of halogens is 1. The van der Waals surface area contributed by atoms with E-state index in [4.69, 9.17) is 11.6 Å². The first-order chi connectivity index (χ1) is 10.7. The average Bonchev–Trinajstić information content (AvgIpc) is 3.04. The standard InChI is InChI=1S/C17H16ClNOS2/c1-21-15-7-5-12(6-8-15)16(20)19-9-10-22-17(19)13-3-2-4-14(18)11-13/h2-8,11,17H,9-10H2,1H3. The van der Waals surface area contributed by atoms with Crippen molar-refractivity contribution in [1.82, 2.24) is 4.90 Å². The minimum atomic E-state index is 0.0476. The predicted octanol–water partition coefficient (Wildman–Crippen LogP) is 4.95. The van der Waals surface area contributed by atoms with Crippen LogP contribution in [0.1, 0.15) is 21.3 Å². The third kappa shape index (κ3) is 3.29. The molecule has 0 radical (unpaired) electrons. The first-order valence-corrected chi connectivity index (χ1v) is 9.66. The van der Waals surface area contributed by atoms with Gasteiger partial charge in [0.1, 0.15) is 5.37 Å². The molecule has 0 bridgehead atoms. The molecule has 1 fully saturated rings. The van der Waals surface area contributed by atoms with Crippen LogP contribution in [0.25, 0.3) is 0 Å². The Hall–Kier alpha value is -1.10. The Morgan fingerprint density at radius 3 is 2.73 bits per heavy atom. The van der Waals surface area contributed by atoms with Gasteiger partial charge in [0.15, 0.2) is 0 Å². The zero-order chi connectivity index (χ0) is 15.5. The van der Waals surface area contributed by atoms with E-state index in [1.807, 2.05) is 59.7 Å². The van der Waals surface area contributed by atoms with Gasteiger partial charge in [-0.25, -0.2) is 0 Å². The topological polar surface area (TPSA) is 20.3 Å². The SMILES string of the molecule is CSc1ccc(C(=O)N2CCSC2c2cccc(Cl)c2)cc1. The molecular weight excluding hydrogens is 334 g/mol. The second-order valence-electron chi connectivity index (χ2n) is 5.01. The van der Waals surface area contributed by atoms with Gasteiger partial charge in [0, 0.05) is 27.8 Å². The van der Waals surface area contributed by atoms with Gasteiger partial charge in [-0.15, -0.1) is 23.5 Å². The molecule has 0 saturated carbocycles. The lowest BCUT2D eigenvalue weighted by atomic mass is 10.1. The molecule has 0 spiro atoms. The van der Waals surface area contributed by atoms with Crippen LogP contribution in [0.5, 0.6) is 0 Å². The highest BCUT2D eigenvalue weighted by molar-refractivity contribution is 7.99. The lowest BCUT2D eigenvalue weighted by molar-refractivity contribution is 0.0760. The van der Waals surface area contributed by atoms with Crippen LogP contribution in [0.2, 0.25) is 5.02 Å². The smallest absolute Gasteiger partial charge is 0.255 e. The molecule has 114 valence electrons. The molecule has 1 atom stereocenters. The van der Waals surface area contributed by atoms with E-state index in [0.29, 0.717) is 5.02 Å². The second kappa shape index (κ2) is 6.99. The molecule has 1 saturated heterocycles. The van der Waals surface area contributed by atoms with E-state index in [2.05, 4.69) is 0 Å². The summed E-state index contributed by atoms with van der Waals surface area (Å²) in [6.45, 7) is 0.769. The average molecular weight is 350 g/mol. The third-order valence-electron chi connectivity index (χ3n) is 3.62. The highest BCUT2D eigenvalue weighted by Gasteiger charge is 2.31. The van der Waals surface area contributed by atoms with Crippen LogP contribution in [0.4, 0.5) is 0 Å². The molecule has 3 rings (SSSR count). The maximum atomic E-state index is 12.8. The molecule has 1 aliphatic rings. The molecule has 1 amide bonds. The summed E-state index contributed by atoms with van der Waals surface area (Å²) >= 11 is 9.55. The number of thioether (sulfide) groups is 2. The summed E-state index contributed by atoms with van der Waals surface area (Å²) in [4.78, 5) is 15.9. The molecular formula is C17H16ClNOS2. The zero-order valence-corrected chi connectivity index (χ0v) is 14.5. The quantitative estimate of drug-likeness (QED) is 0.731. The number of carbonyl (C=O) groups excluding carboxylic acids is 1. The van der Waals surface area contributed by atoms with Gasteiger partial charge < -0.3 is 4.90 Å². The van der Waals surface area contributed by atoms with Gasteiger partial charge in [0.25, 0.3) is 5.91 Å². The summed E-state index contributed by atoms with van der Waals surface area (Å²) in [6.07, 6.45) is 2.03. The molecule has 1 unspecified atom stereocenters. The van der Waals surface area contributed by atoms with Crippen molar-refractivity contribution in [1.29, 1.82) is 0 Å². The molecule has 2 aromatic rings. The molecule has 1 aliphatic heterocycles. The van der Waals surface area contributed by atoms with Crippen molar-refractivity contribution in [3.05, 3.63) is 64.7 Å². The summed E-state index contributed by atoms with van der Waals surface area (Å²) in [5.41, 5.74) is 1.83. The number of amides is 1. The molecule has 0 aromatic heterocycles. The van der Waals surface area contributed by atoms with E-state index in [-0.39, 0.29) is 11.3 Å². The Labute approximate surface area is 144 Å². The van der Waals surface area contributed by atoms with Crippen molar-refractivity contribution in [2.75, 3.05) is 18.6 Å². The fraction of sp³-hybridized carbons (Fsp3) is 0.235. The highest BCUT2D eigenvalue weighted by atomic mass is 35.5. The summed E-state index contributed by atoms with van der Waals surface area (Å²) < 4.78 is 0. The fourth-order valence-electron chi connectivity index (χ4n) is 2.51. The number of hydrogen-bond donors (Lipinski definition) is 0. The molecule has 0 N–H and O–H groups in total. The van der Waals surface area contributed by atoms with Crippen LogP contribution in [-0.2, 0) is 0 Å². The molecule has 0 aliphatic carbocycles. The Morgan fingerprint density at radius 2 is 2.05 bits per heavy atom. The fourth-order valence-corrected chi connectivity index (χ4v) is 4.37. The van der Waals surface area contributed by atoms with E-state index in [1.54, 1.807) is 23.5 Å². The van der Waals surface area contributed by atoms with E-state index >= 15 is 0 Å². The Balaban J connectivity index is 1.84. The van der Waals surface area contributed by atoms with Crippen LogP contribution in [0, 0.1) is 0 Å². The third-order valence-corrected chi connectivity index (χ3v) is 5.86. The van der Waals surface area contributed by atoms with Crippen molar-refractivity contribution >= 4 is 41.0 Å². The second-order valence-corrected chi connectivity index (χ2v) is 7.51. The molecule has 5 heteroatoms. The van der Waals surface area contributed by atoms with E-state index in [0.717, 1.165) is 23.4 Å². The highest BCUT2D eigenvalue weighted by Crippen LogP contribution is 2.39. The minimum Gasteiger partial charge on any atom is -0.322 e. The number of nitrogens with zero attached hydrogens (tertiary/aromatic N) is 1. The molecule has 22 heavy (non-hydrogen) atoms.